The maximum atomic E-state index is 2.57. The van der Waals surface area contributed by atoms with Gasteiger partial charge in [0.2, 0.25) is 0 Å². The summed E-state index contributed by atoms with van der Waals surface area (Å²) >= 11 is 0. The Morgan fingerprint density at radius 3 is 1.81 bits per heavy atom. The number of para-hydroxylation sites is 3. The highest BCUT2D eigenvalue weighted by molar-refractivity contribution is 6.09. The van der Waals surface area contributed by atoms with Crippen LogP contribution in [0.2, 0.25) is 0 Å². The quantitative estimate of drug-likeness (QED) is 0.150. The molecule has 2 nitrogen and oxygen atoms in total. The van der Waals surface area contributed by atoms with Gasteiger partial charge in [0.1, 0.15) is 0 Å². The van der Waals surface area contributed by atoms with Gasteiger partial charge in [0.15, 0.2) is 0 Å². The monoisotopic (exact) mass is 760 g/mol. The summed E-state index contributed by atoms with van der Waals surface area (Å²) in [7, 11) is 0. The van der Waals surface area contributed by atoms with Crippen molar-refractivity contribution in [2.75, 3.05) is 4.90 Å². The zero-order valence-corrected chi connectivity index (χ0v) is 33.6. The van der Waals surface area contributed by atoms with Crippen molar-refractivity contribution in [1.82, 2.24) is 4.57 Å². The first-order valence-corrected chi connectivity index (χ1v) is 21.5. The average molecular weight is 761 g/mol. The van der Waals surface area contributed by atoms with Gasteiger partial charge in [-0.25, -0.2) is 0 Å². The molecule has 0 aliphatic heterocycles. The highest BCUT2D eigenvalue weighted by atomic mass is 15.1. The molecule has 0 spiro atoms. The molecule has 0 saturated heterocycles. The van der Waals surface area contributed by atoms with E-state index in [1.165, 1.54) is 104 Å². The molecule has 12 rings (SSSR count). The Balaban J connectivity index is 1.09. The average Bonchev–Trinajstić information content (AvgIpc) is 3.39. The van der Waals surface area contributed by atoms with E-state index >= 15 is 0 Å². The third kappa shape index (κ3) is 6.00. The maximum absolute atomic E-state index is 2.57. The Kier molecular flexibility index (Phi) is 8.81. The zero-order chi connectivity index (χ0) is 39.3. The van der Waals surface area contributed by atoms with Gasteiger partial charge in [-0.2, -0.15) is 0 Å². The molecule has 3 aliphatic rings. The van der Waals surface area contributed by atoms with Crippen molar-refractivity contribution in [3.8, 4) is 39.1 Å². The lowest BCUT2D eigenvalue weighted by Gasteiger charge is -2.54. The van der Waals surface area contributed by atoms with E-state index in [0.29, 0.717) is 5.92 Å². The van der Waals surface area contributed by atoms with Crippen LogP contribution in [0.25, 0.3) is 60.9 Å². The van der Waals surface area contributed by atoms with Gasteiger partial charge in [-0.1, -0.05) is 172 Å². The van der Waals surface area contributed by atoms with Gasteiger partial charge in [0.25, 0.3) is 0 Å². The Morgan fingerprint density at radius 1 is 0.492 bits per heavy atom. The van der Waals surface area contributed by atoms with Gasteiger partial charge in [0, 0.05) is 38.9 Å². The van der Waals surface area contributed by atoms with Crippen LogP contribution >= 0.6 is 0 Å². The number of nitrogens with zero attached hydrogens (tertiary/aromatic N) is 2. The number of aromatic nitrogens is 1. The second kappa shape index (κ2) is 14.6. The van der Waals surface area contributed by atoms with Crippen LogP contribution in [0.15, 0.2) is 200 Å². The molecule has 0 N–H and O–H groups in total. The first-order valence-electron chi connectivity index (χ1n) is 21.5. The summed E-state index contributed by atoms with van der Waals surface area (Å²) in [5, 5.41) is 2.55. The molecule has 286 valence electrons. The summed E-state index contributed by atoms with van der Waals surface area (Å²) in [4.78, 5) is 2.57. The predicted octanol–water partition coefficient (Wildman–Crippen LogP) is 15.7. The van der Waals surface area contributed by atoms with Gasteiger partial charge in [0.05, 0.1) is 11.0 Å². The van der Waals surface area contributed by atoms with Crippen molar-refractivity contribution in [3.63, 3.8) is 0 Å². The fraction of sp³-hybridized carbons (Fsp3) is 0.158. The topological polar surface area (TPSA) is 8.17 Å². The van der Waals surface area contributed by atoms with E-state index < -0.39 is 0 Å². The van der Waals surface area contributed by atoms with Crippen molar-refractivity contribution >= 4 is 38.9 Å². The number of fused-ring (bicyclic) bond motifs is 6. The van der Waals surface area contributed by atoms with Crippen LogP contribution in [-0.4, -0.2) is 4.57 Å². The molecule has 0 radical (unpaired) electrons. The van der Waals surface area contributed by atoms with Crippen LogP contribution in [0.1, 0.15) is 44.6 Å². The number of rotatable bonds is 8. The van der Waals surface area contributed by atoms with E-state index in [-0.39, 0.29) is 5.41 Å². The molecule has 3 saturated carbocycles. The minimum Gasteiger partial charge on any atom is -0.310 e. The Labute approximate surface area is 348 Å². The normalized spacial score (nSPS) is 18.7. The van der Waals surface area contributed by atoms with Crippen molar-refractivity contribution in [2.45, 2.75) is 44.4 Å². The second-order valence-electron chi connectivity index (χ2n) is 16.9. The summed E-state index contributed by atoms with van der Waals surface area (Å²) in [6.07, 6.45) is 6.56. The van der Waals surface area contributed by atoms with Crippen LogP contribution in [0.3, 0.4) is 0 Å². The molecule has 3 aliphatic carbocycles. The van der Waals surface area contributed by atoms with Crippen LogP contribution in [-0.2, 0) is 5.41 Å². The fourth-order valence-corrected chi connectivity index (χ4v) is 10.9. The van der Waals surface area contributed by atoms with Crippen LogP contribution in [0.5, 0.6) is 0 Å². The summed E-state index contributed by atoms with van der Waals surface area (Å²) in [6.45, 7) is 2.54. The lowest BCUT2D eigenvalue weighted by Crippen LogP contribution is -2.49. The molecule has 8 aromatic carbocycles. The molecule has 3 atom stereocenters. The Hall–Kier alpha value is -6.64. The Morgan fingerprint density at radius 2 is 1.08 bits per heavy atom. The van der Waals surface area contributed by atoms with Gasteiger partial charge in [-0.3, -0.25) is 0 Å². The summed E-state index contributed by atoms with van der Waals surface area (Å²) in [5.41, 5.74) is 16.2. The lowest BCUT2D eigenvalue weighted by atomic mass is 9.50. The summed E-state index contributed by atoms with van der Waals surface area (Å²) in [5.74, 6) is 1.49. The zero-order valence-electron chi connectivity index (χ0n) is 33.6. The van der Waals surface area contributed by atoms with E-state index in [9.17, 15) is 0 Å². The van der Waals surface area contributed by atoms with E-state index in [1.54, 1.807) is 0 Å². The molecule has 1 heterocycles. The number of hydrogen-bond acceptors (Lipinski definition) is 1. The highest BCUT2D eigenvalue weighted by Gasteiger charge is 2.53. The van der Waals surface area contributed by atoms with Gasteiger partial charge >= 0.3 is 0 Å². The second-order valence-corrected chi connectivity index (χ2v) is 16.9. The Bertz CT molecular complexity index is 2900. The molecule has 3 unspecified atom stereocenters. The molecule has 2 heteroatoms. The van der Waals surface area contributed by atoms with Gasteiger partial charge in [-0.05, 0) is 118 Å². The van der Waals surface area contributed by atoms with Gasteiger partial charge in [-0.15, -0.1) is 0 Å². The molecule has 0 amide bonds. The number of benzene rings is 8. The lowest BCUT2D eigenvalue weighted by molar-refractivity contribution is 0.0493. The number of hydrogen-bond donors (Lipinski definition) is 0. The molecule has 3 fully saturated rings. The minimum absolute atomic E-state index is 0.191. The van der Waals surface area contributed by atoms with E-state index in [2.05, 4.69) is 217 Å². The van der Waals surface area contributed by atoms with Crippen molar-refractivity contribution < 1.29 is 0 Å². The van der Waals surface area contributed by atoms with Crippen molar-refractivity contribution in [3.05, 3.63) is 206 Å². The molecule has 59 heavy (non-hydrogen) atoms. The highest BCUT2D eigenvalue weighted by Crippen LogP contribution is 2.61. The standard InChI is InChI=1S/C57H48N2/c1-40-45-22-14-15-35-57(40,39-45)53-29-10-13-32-56(53)58(48-33-34-49(41-18-4-2-5-19-41)52(38-48)42-20-6-3-7-21-42)46-25-16-23-43(36-46)44-24-17-26-47(37-44)59-54-30-11-8-27-50(54)51-28-9-12-31-55(51)59/h2-13,16-21,23-34,36-38,40,45H,14-15,22,35,39H2,1H3. The molecule has 2 bridgehead atoms. The maximum Gasteiger partial charge on any atom is 0.0541 e. The van der Waals surface area contributed by atoms with Crippen LogP contribution in [0, 0.1) is 11.8 Å². The predicted molar refractivity (Wildman–Crippen MR) is 249 cm³/mol. The molecule has 1 aromatic heterocycles. The minimum atomic E-state index is 0.191. The van der Waals surface area contributed by atoms with Crippen molar-refractivity contribution in [2.24, 2.45) is 11.8 Å². The largest absolute Gasteiger partial charge is 0.310 e. The fourth-order valence-electron chi connectivity index (χ4n) is 10.9. The first kappa shape index (κ1) is 35.5. The van der Waals surface area contributed by atoms with Crippen LogP contribution < -0.4 is 4.90 Å². The van der Waals surface area contributed by atoms with Crippen molar-refractivity contribution in [1.29, 1.82) is 0 Å². The molecular formula is C57H48N2. The van der Waals surface area contributed by atoms with E-state index in [0.717, 1.165) is 17.3 Å². The first-order chi connectivity index (χ1) is 29.2. The summed E-state index contributed by atoms with van der Waals surface area (Å²) < 4.78 is 2.42. The summed E-state index contributed by atoms with van der Waals surface area (Å²) in [6, 6.07) is 74.1. The smallest absolute Gasteiger partial charge is 0.0541 e. The van der Waals surface area contributed by atoms with Gasteiger partial charge < -0.3 is 9.47 Å². The number of anilines is 3. The van der Waals surface area contributed by atoms with E-state index in [1.807, 2.05) is 0 Å². The third-order valence-electron chi connectivity index (χ3n) is 13.9. The van der Waals surface area contributed by atoms with Crippen LogP contribution in [0.4, 0.5) is 17.1 Å². The molecule has 9 aromatic rings. The third-order valence-corrected chi connectivity index (χ3v) is 13.9. The SMILES string of the molecule is CC1C2CCCCC1(c1ccccc1N(c1cccc(-c3cccc(-n4c5ccccc5c5ccccc54)c3)c1)c1ccc(-c3ccccc3)c(-c3ccccc3)c1)C2. The molecular weight excluding hydrogens is 713 g/mol. The van der Waals surface area contributed by atoms with E-state index in [4.69, 9.17) is 0 Å².